The number of allylic oxidation sites excluding steroid dienone is 1. The maximum atomic E-state index is 13.6. The summed E-state index contributed by atoms with van der Waals surface area (Å²) in [6.07, 6.45) is 1.53. The Labute approximate surface area is 215 Å². The molecule has 0 unspecified atom stereocenters. The van der Waals surface area contributed by atoms with Crippen molar-refractivity contribution in [3.05, 3.63) is 80.0 Å². The molecule has 1 atom stereocenters. The van der Waals surface area contributed by atoms with Crippen LogP contribution in [-0.4, -0.2) is 23.8 Å². The van der Waals surface area contributed by atoms with Crippen LogP contribution in [0.3, 0.4) is 0 Å². The highest BCUT2D eigenvalue weighted by Gasteiger charge is 2.35. The Morgan fingerprint density at radius 1 is 1.21 bits per heavy atom. The third-order valence-electron chi connectivity index (χ3n) is 4.94. The Bertz CT molecular complexity index is 1450. The van der Waals surface area contributed by atoms with Crippen LogP contribution in [0.15, 0.2) is 59.6 Å². The molecule has 1 aliphatic rings. The summed E-state index contributed by atoms with van der Waals surface area (Å²) in [6, 6.07) is 8.66. The van der Waals surface area contributed by atoms with Crippen molar-refractivity contribution in [2.75, 3.05) is 7.11 Å². The lowest BCUT2D eigenvalue weighted by atomic mass is 9.95. The second-order valence-corrected chi connectivity index (χ2v) is 12.0. The average Bonchev–Trinajstić information content (AvgIpc) is 3.29. The molecule has 172 valence electrons. The topological polar surface area (TPSA) is 69.9 Å². The van der Waals surface area contributed by atoms with Gasteiger partial charge < -0.3 is 9.47 Å². The number of nitrogens with zero attached hydrogens (tertiary/aromatic N) is 2. The summed E-state index contributed by atoms with van der Waals surface area (Å²) in [5, 5.41) is 0. The first kappa shape index (κ1) is 24.1. The van der Waals surface area contributed by atoms with E-state index >= 15 is 0 Å². The summed E-state index contributed by atoms with van der Waals surface area (Å²) in [6.45, 7) is 5.34. The number of thiazole rings is 1. The predicted molar refractivity (Wildman–Crippen MR) is 138 cm³/mol. The summed E-state index contributed by atoms with van der Waals surface area (Å²) >= 11 is 9.80. The first-order valence-corrected chi connectivity index (χ1v) is 13.2. The van der Waals surface area contributed by atoms with Gasteiger partial charge in [-0.1, -0.05) is 27.3 Å². The normalized spacial score (nSPS) is 16.1. The lowest BCUT2D eigenvalue weighted by Crippen LogP contribution is -2.40. The van der Waals surface area contributed by atoms with Gasteiger partial charge in [0.1, 0.15) is 11.8 Å². The van der Waals surface area contributed by atoms with Gasteiger partial charge in [-0.05, 0) is 73.1 Å². The number of methoxy groups -OCH3 is 1. The molecule has 0 radical (unpaired) electrons. The molecule has 4 rings (SSSR count). The minimum absolute atomic E-state index is 0.224. The minimum atomic E-state index is -0.739. The van der Waals surface area contributed by atoms with Gasteiger partial charge in [0.25, 0.3) is 5.56 Å². The molecule has 2 aromatic heterocycles. The first-order chi connectivity index (χ1) is 15.7. The number of aromatic nitrogens is 1. The van der Waals surface area contributed by atoms with Crippen molar-refractivity contribution in [1.29, 1.82) is 0 Å². The molecule has 6 nitrogen and oxygen atoms in total. The van der Waals surface area contributed by atoms with E-state index in [1.54, 1.807) is 38.5 Å². The molecule has 33 heavy (non-hydrogen) atoms. The molecule has 1 aromatic carbocycles. The van der Waals surface area contributed by atoms with Crippen LogP contribution in [0.4, 0.5) is 0 Å². The van der Waals surface area contributed by atoms with Gasteiger partial charge in [-0.15, -0.1) is 11.3 Å². The monoisotopic (exact) mass is 610 g/mol. The van der Waals surface area contributed by atoms with Crippen molar-refractivity contribution in [2.45, 2.75) is 32.9 Å². The Morgan fingerprint density at radius 2 is 1.97 bits per heavy atom. The van der Waals surface area contributed by atoms with Crippen LogP contribution >= 0.6 is 54.5 Å². The molecule has 0 N–H and O–H groups in total. The summed E-state index contributed by atoms with van der Waals surface area (Å²) in [7, 11) is 1.56. The number of esters is 1. The zero-order chi connectivity index (χ0) is 23.9. The quantitative estimate of drug-likeness (QED) is 0.389. The number of carbonyl (C=O) groups is 1. The Kier molecular flexibility index (Phi) is 7.09. The van der Waals surface area contributed by atoms with Gasteiger partial charge in [-0.2, -0.15) is 0 Å². The molecular weight excluding hydrogens is 592 g/mol. The number of benzene rings is 1. The zero-order valence-electron chi connectivity index (χ0n) is 18.2. The molecule has 1 aliphatic heterocycles. The largest absolute Gasteiger partial charge is 0.496 e. The number of rotatable bonds is 5. The van der Waals surface area contributed by atoms with Crippen LogP contribution in [0, 0.1) is 0 Å². The van der Waals surface area contributed by atoms with Gasteiger partial charge in [0.05, 0.1) is 32.8 Å². The predicted octanol–water partition coefficient (Wildman–Crippen LogP) is 4.78. The molecule has 0 amide bonds. The fourth-order valence-corrected chi connectivity index (χ4v) is 6.47. The highest BCUT2D eigenvalue weighted by Crippen LogP contribution is 2.37. The van der Waals surface area contributed by atoms with Gasteiger partial charge in [0.15, 0.2) is 4.80 Å². The smallest absolute Gasteiger partial charge is 0.338 e. The van der Waals surface area contributed by atoms with E-state index in [2.05, 4.69) is 36.9 Å². The van der Waals surface area contributed by atoms with Crippen molar-refractivity contribution in [2.24, 2.45) is 4.99 Å². The molecule has 3 aromatic rings. The lowest BCUT2D eigenvalue weighted by molar-refractivity contribution is -0.143. The summed E-state index contributed by atoms with van der Waals surface area (Å²) in [4.78, 5) is 32.9. The number of halogens is 2. The van der Waals surface area contributed by atoms with Crippen molar-refractivity contribution in [1.82, 2.24) is 4.57 Å². The number of hydrogen-bond donors (Lipinski definition) is 0. The fraction of sp³-hybridized carbons (Fsp3) is 0.261. The van der Waals surface area contributed by atoms with E-state index < -0.39 is 12.0 Å². The Hall–Kier alpha value is -2.01. The Balaban J connectivity index is 2.01. The average molecular weight is 612 g/mol. The zero-order valence-corrected chi connectivity index (χ0v) is 23.0. The number of thiophene rings is 1. The van der Waals surface area contributed by atoms with Gasteiger partial charge in [-0.25, -0.2) is 9.79 Å². The van der Waals surface area contributed by atoms with Crippen LogP contribution in [-0.2, 0) is 9.53 Å². The highest BCUT2D eigenvalue weighted by atomic mass is 79.9. The summed E-state index contributed by atoms with van der Waals surface area (Å²) < 4.78 is 15.0. The van der Waals surface area contributed by atoms with Crippen molar-refractivity contribution >= 4 is 66.6 Å². The van der Waals surface area contributed by atoms with E-state index in [0.717, 1.165) is 13.1 Å². The molecule has 0 bridgehead atoms. The standard InChI is InChI=1S/C23H20Br2N2O4S2/c1-11(2)31-22(29)19-12(3)26-23-27(20(19)15-9-13(24)5-7-16(15)30-4)21(28)17(33-23)10-14-6-8-18(25)32-14/h5-11,20H,1-4H3/b17-10-/t20-/m0/s1. The number of fused-ring (bicyclic) bond motifs is 1. The van der Waals surface area contributed by atoms with Crippen LogP contribution in [0.2, 0.25) is 0 Å². The molecular formula is C23H20Br2N2O4S2. The maximum absolute atomic E-state index is 13.6. The molecule has 0 aliphatic carbocycles. The number of carbonyl (C=O) groups excluding carboxylic acids is 1. The molecule has 0 spiro atoms. The van der Waals surface area contributed by atoms with Crippen LogP contribution < -0.4 is 19.6 Å². The second-order valence-electron chi connectivity index (χ2n) is 7.56. The lowest BCUT2D eigenvalue weighted by Gasteiger charge is -2.26. The second kappa shape index (κ2) is 9.69. The Morgan fingerprint density at radius 3 is 2.61 bits per heavy atom. The van der Waals surface area contributed by atoms with E-state index in [-0.39, 0.29) is 11.7 Å². The van der Waals surface area contributed by atoms with Crippen molar-refractivity contribution in [3.63, 3.8) is 0 Å². The third-order valence-corrected chi connectivity index (χ3v) is 7.98. The maximum Gasteiger partial charge on any atom is 0.338 e. The molecule has 0 fully saturated rings. The van der Waals surface area contributed by atoms with Crippen LogP contribution in [0.1, 0.15) is 37.3 Å². The number of hydrogen-bond acceptors (Lipinski definition) is 7. The van der Waals surface area contributed by atoms with E-state index in [9.17, 15) is 9.59 Å². The first-order valence-electron chi connectivity index (χ1n) is 10.0. The summed E-state index contributed by atoms with van der Waals surface area (Å²) in [5.74, 6) is 0.0549. The molecule has 10 heteroatoms. The van der Waals surface area contributed by atoms with Crippen LogP contribution in [0.5, 0.6) is 5.75 Å². The molecule has 0 saturated carbocycles. The third kappa shape index (κ3) is 4.80. The van der Waals surface area contributed by atoms with Gasteiger partial charge in [0, 0.05) is 14.9 Å². The summed E-state index contributed by atoms with van der Waals surface area (Å²) in [5.41, 5.74) is 1.28. The van der Waals surface area contributed by atoms with E-state index in [1.807, 2.05) is 30.3 Å². The minimum Gasteiger partial charge on any atom is -0.496 e. The van der Waals surface area contributed by atoms with Crippen molar-refractivity contribution < 1.29 is 14.3 Å². The van der Waals surface area contributed by atoms with Crippen LogP contribution in [0.25, 0.3) is 6.08 Å². The van der Waals surface area contributed by atoms with Crippen molar-refractivity contribution in [3.8, 4) is 5.75 Å². The molecule has 0 saturated heterocycles. The number of ether oxygens (including phenoxy) is 2. The van der Waals surface area contributed by atoms with Gasteiger partial charge in [0.2, 0.25) is 0 Å². The van der Waals surface area contributed by atoms with E-state index in [1.165, 1.54) is 22.7 Å². The van der Waals surface area contributed by atoms with E-state index in [0.29, 0.717) is 31.9 Å². The van der Waals surface area contributed by atoms with Gasteiger partial charge >= 0.3 is 5.97 Å². The van der Waals surface area contributed by atoms with Gasteiger partial charge in [-0.3, -0.25) is 9.36 Å². The molecule has 3 heterocycles. The highest BCUT2D eigenvalue weighted by molar-refractivity contribution is 9.11. The van der Waals surface area contributed by atoms with E-state index in [4.69, 9.17) is 9.47 Å². The fourth-order valence-electron chi connectivity index (χ4n) is 3.61. The SMILES string of the molecule is COc1ccc(Br)cc1[C@H]1C(C(=O)OC(C)C)=C(C)N=c2s/c(=C\c3ccc(Br)s3)c(=O)n21.